The van der Waals surface area contributed by atoms with E-state index in [1.165, 1.54) is 6.07 Å². The number of ether oxygens (including phenoxy) is 1. The monoisotopic (exact) mass is 363 g/mol. The summed E-state index contributed by atoms with van der Waals surface area (Å²) in [6, 6.07) is 5.01. The van der Waals surface area contributed by atoms with E-state index >= 15 is 0 Å². The first-order valence-corrected chi connectivity index (χ1v) is 6.75. The highest BCUT2D eigenvalue weighted by molar-refractivity contribution is 14.1. The second-order valence-corrected chi connectivity index (χ2v) is 5.16. The number of morpholine rings is 1. The zero-order valence-corrected chi connectivity index (χ0v) is 11.8. The zero-order valence-electron chi connectivity index (χ0n) is 9.69. The molecular weight excluding hydrogens is 349 g/mol. The fourth-order valence-corrected chi connectivity index (χ4v) is 2.46. The zero-order chi connectivity index (χ0) is 13.0. The molecule has 2 rings (SSSR count). The Bertz CT molecular complexity index is 436. The Kier molecular flexibility index (Phi) is 4.72. The molecule has 1 fully saturated rings. The van der Waals surface area contributed by atoms with E-state index in [0.717, 1.165) is 25.4 Å². The largest absolute Gasteiger partial charge is 0.382 e. The molecule has 1 unspecified atom stereocenters. The number of nitro benzene ring substituents is 1. The lowest BCUT2D eigenvalue weighted by Gasteiger charge is -2.24. The maximum Gasteiger partial charge on any atom is 0.282 e. The fourth-order valence-electron chi connectivity index (χ4n) is 1.75. The lowest BCUT2D eigenvalue weighted by atomic mass is 10.2. The summed E-state index contributed by atoms with van der Waals surface area (Å²) in [5.41, 5.74) is 1.01. The number of halogens is 1. The molecule has 0 aliphatic carbocycles. The topological polar surface area (TPSA) is 76.4 Å². The Morgan fingerprint density at radius 2 is 2.44 bits per heavy atom. The van der Waals surface area contributed by atoms with E-state index in [-0.39, 0.29) is 16.7 Å². The molecule has 1 heterocycles. The van der Waals surface area contributed by atoms with Crippen molar-refractivity contribution in [3.63, 3.8) is 0 Å². The van der Waals surface area contributed by atoms with Crippen molar-refractivity contribution in [2.45, 2.75) is 6.10 Å². The molecule has 1 aromatic rings. The minimum absolute atomic E-state index is 0.136. The van der Waals surface area contributed by atoms with E-state index in [1.54, 1.807) is 12.1 Å². The maximum atomic E-state index is 10.7. The van der Waals surface area contributed by atoms with E-state index in [9.17, 15) is 10.1 Å². The smallest absolute Gasteiger partial charge is 0.282 e. The Morgan fingerprint density at radius 3 is 3.06 bits per heavy atom. The van der Waals surface area contributed by atoms with Crippen LogP contribution in [0.15, 0.2) is 18.2 Å². The summed E-state index contributed by atoms with van der Waals surface area (Å²) < 4.78 is 6.19. The Balaban J connectivity index is 1.93. The molecule has 1 atom stereocenters. The summed E-state index contributed by atoms with van der Waals surface area (Å²) in [4.78, 5) is 10.3. The van der Waals surface area contributed by atoms with Crippen LogP contribution in [-0.4, -0.2) is 37.3 Å². The number of hydrogen-bond donors (Lipinski definition) is 2. The first kappa shape index (κ1) is 13.5. The van der Waals surface area contributed by atoms with Gasteiger partial charge in [-0.25, -0.2) is 0 Å². The molecule has 18 heavy (non-hydrogen) atoms. The Labute approximate surface area is 118 Å². The summed E-state index contributed by atoms with van der Waals surface area (Å²) >= 11 is 1.97. The summed E-state index contributed by atoms with van der Waals surface area (Å²) in [7, 11) is 0. The summed E-state index contributed by atoms with van der Waals surface area (Å²) in [5.74, 6) is 0. The van der Waals surface area contributed by atoms with Gasteiger partial charge in [-0.05, 0) is 34.7 Å². The van der Waals surface area contributed by atoms with Crippen LogP contribution in [0.25, 0.3) is 0 Å². The molecule has 2 N–H and O–H groups in total. The van der Waals surface area contributed by atoms with Gasteiger partial charge >= 0.3 is 0 Å². The van der Waals surface area contributed by atoms with Crippen molar-refractivity contribution >= 4 is 34.0 Å². The second kappa shape index (κ2) is 6.30. The lowest BCUT2D eigenvalue weighted by molar-refractivity contribution is -0.385. The molecule has 98 valence electrons. The van der Waals surface area contributed by atoms with Crippen LogP contribution in [0.5, 0.6) is 0 Å². The van der Waals surface area contributed by atoms with Gasteiger partial charge in [0.15, 0.2) is 0 Å². The summed E-state index contributed by atoms with van der Waals surface area (Å²) in [6.07, 6.45) is 0.145. The van der Waals surface area contributed by atoms with E-state index in [0.29, 0.717) is 10.1 Å². The molecule has 1 saturated heterocycles. The van der Waals surface area contributed by atoms with Gasteiger partial charge in [-0.2, -0.15) is 0 Å². The molecule has 0 amide bonds. The molecule has 0 radical (unpaired) electrons. The summed E-state index contributed by atoms with van der Waals surface area (Å²) in [5, 5.41) is 17.2. The molecule has 0 aromatic heterocycles. The third-order valence-electron chi connectivity index (χ3n) is 2.68. The second-order valence-electron chi connectivity index (χ2n) is 4.00. The normalized spacial score (nSPS) is 19.5. The van der Waals surface area contributed by atoms with Crippen molar-refractivity contribution < 1.29 is 9.66 Å². The third kappa shape index (κ3) is 3.53. The number of nitro groups is 1. The van der Waals surface area contributed by atoms with Crippen LogP contribution in [0, 0.1) is 13.7 Å². The predicted octanol–water partition coefficient (Wildman–Crippen LogP) is 1.60. The van der Waals surface area contributed by atoms with Crippen LogP contribution < -0.4 is 10.6 Å². The van der Waals surface area contributed by atoms with Gasteiger partial charge < -0.3 is 15.4 Å². The van der Waals surface area contributed by atoms with Crippen LogP contribution in [0.3, 0.4) is 0 Å². The van der Waals surface area contributed by atoms with E-state index in [4.69, 9.17) is 4.74 Å². The van der Waals surface area contributed by atoms with Crippen LogP contribution >= 0.6 is 22.6 Å². The molecule has 1 aliphatic rings. The molecule has 1 aromatic carbocycles. The fraction of sp³-hybridized carbons (Fsp3) is 0.455. The van der Waals surface area contributed by atoms with Crippen molar-refractivity contribution in [1.82, 2.24) is 5.32 Å². The highest BCUT2D eigenvalue weighted by Gasteiger charge is 2.14. The standard InChI is InChI=1S/C11H14IN3O3/c12-10-5-8(1-2-11(10)15(16)17)14-7-9-6-13-3-4-18-9/h1-2,5,9,13-14H,3-4,6-7H2. The number of nitrogens with zero attached hydrogens (tertiary/aromatic N) is 1. The van der Waals surface area contributed by atoms with Crippen molar-refractivity contribution in [3.8, 4) is 0 Å². The maximum absolute atomic E-state index is 10.7. The van der Waals surface area contributed by atoms with Crippen molar-refractivity contribution in [1.29, 1.82) is 0 Å². The van der Waals surface area contributed by atoms with Crippen LogP contribution in [-0.2, 0) is 4.74 Å². The minimum Gasteiger partial charge on any atom is -0.382 e. The van der Waals surface area contributed by atoms with E-state index in [2.05, 4.69) is 10.6 Å². The van der Waals surface area contributed by atoms with Crippen molar-refractivity contribution in [3.05, 3.63) is 31.9 Å². The molecule has 0 bridgehead atoms. The van der Waals surface area contributed by atoms with Gasteiger partial charge in [0.05, 0.1) is 21.2 Å². The predicted molar refractivity (Wildman–Crippen MR) is 76.9 cm³/mol. The van der Waals surface area contributed by atoms with Gasteiger partial charge in [-0.1, -0.05) is 0 Å². The first-order chi connectivity index (χ1) is 8.66. The molecule has 0 saturated carbocycles. The first-order valence-electron chi connectivity index (χ1n) is 5.67. The summed E-state index contributed by atoms with van der Waals surface area (Å²) in [6.45, 7) is 3.15. The molecular formula is C11H14IN3O3. The van der Waals surface area contributed by atoms with Crippen molar-refractivity contribution in [2.24, 2.45) is 0 Å². The van der Waals surface area contributed by atoms with Gasteiger partial charge in [-0.3, -0.25) is 10.1 Å². The van der Waals surface area contributed by atoms with Gasteiger partial charge in [0.25, 0.3) is 5.69 Å². The quantitative estimate of drug-likeness (QED) is 0.483. The highest BCUT2D eigenvalue weighted by Crippen LogP contribution is 2.24. The Hall–Kier alpha value is -0.930. The van der Waals surface area contributed by atoms with E-state index < -0.39 is 0 Å². The number of anilines is 1. The number of benzene rings is 1. The van der Waals surface area contributed by atoms with Gasteiger partial charge in [-0.15, -0.1) is 0 Å². The molecule has 0 spiro atoms. The van der Waals surface area contributed by atoms with Gasteiger partial charge in [0.2, 0.25) is 0 Å². The highest BCUT2D eigenvalue weighted by atomic mass is 127. The third-order valence-corrected chi connectivity index (χ3v) is 3.55. The lowest BCUT2D eigenvalue weighted by Crippen LogP contribution is -2.42. The average Bonchev–Trinajstić information content (AvgIpc) is 2.37. The molecule has 7 heteroatoms. The number of rotatable bonds is 4. The van der Waals surface area contributed by atoms with Crippen LogP contribution in [0.1, 0.15) is 0 Å². The SMILES string of the molecule is O=[N+]([O-])c1ccc(NCC2CNCCO2)cc1I. The molecule has 6 nitrogen and oxygen atoms in total. The van der Waals surface area contributed by atoms with E-state index in [1.807, 2.05) is 22.6 Å². The Morgan fingerprint density at radius 1 is 1.61 bits per heavy atom. The molecule has 1 aliphatic heterocycles. The van der Waals surface area contributed by atoms with Gasteiger partial charge in [0.1, 0.15) is 0 Å². The van der Waals surface area contributed by atoms with Crippen molar-refractivity contribution in [2.75, 3.05) is 31.6 Å². The van der Waals surface area contributed by atoms with Crippen LogP contribution in [0.2, 0.25) is 0 Å². The minimum atomic E-state index is -0.375. The number of nitrogens with one attached hydrogen (secondary N) is 2. The average molecular weight is 363 g/mol. The van der Waals surface area contributed by atoms with Gasteiger partial charge in [0, 0.05) is 31.4 Å². The number of hydrogen-bond acceptors (Lipinski definition) is 5. The van der Waals surface area contributed by atoms with Crippen LogP contribution in [0.4, 0.5) is 11.4 Å².